The first-order valence-corrected chi connectivity index (χ1v) is 8.32. The molecule has 7 heteroatoms. The standard InChI is InChI=1S/C16H20N2O4S/c1-16(2,8-7-15(21)22)17-13(19)9-18-11-5-3-4-6-12(11)23-10-14(18)20/h3-6H,7-10H2,1-2H3,(H,17,19)(H,21,22). The minimum absolute atomic E-state index is 0.0185. The Morgan fingerprint density at radius 2 is 2.04 bits per heavy atom. The number of aliphatic carboxylic acids is 1. The van der Waals surface area contributed by atoms with Gasteiger partial charge in [0.2, 0.25) is 11.8 Å². The molecule has 0 bridgehead atoms. The monoisotopic (exact) mass is 336 g/mol. The van der Waals surface area contributed by atoms with Gasteiger partial charge in [-0.15, -0.1) is 11.8 Å². The number of para-hydroxylation sites is 1. The molecule has 0 aromatic heterocycles. The molecule has 6 nitrogen and oxygen atoms in total. The van der Waals surface area contributed by atoms with E-state index in [1.807, 2.05) is 24.3 Å². The first-order chi connectivity index (χ1) is 10.8. The van der Waals surface area contributed by atoms with Gasteiger partial charge in [-0.05, 0) is 32.4 Å². The predicted octanol–water partition coefficient (Wildman–Crippen LogP) is 1.88. The first-order valence-electron chi connectivity index (χ1n) is 7.33. The lowest BCUT2D eigenvalue weighted by Gasteiger charge is -2.31. The van der Waals surface area contributed by atoms with E-state index in [1.54, 1.807) is 13.8 Å². The van der Waals surface area contributed by atoms with E-state index in [0.717, 1.165) is 10.6 Å². The number of carboxylic acid groups (broad SMARTS) is 1. The van der Waals surface area contributed by atoms with E-state index < -0.39 is 11.5 Å². The van der Waals surface area contributed by atoms with Crippen LogP contribution < -0.4 is 10.2 Å². The Balaban J connectivity index is 2.02. The van der Waals surface area contributed by atoms with Crippen molar-refractivity contribution in [3.8, 4) is 0 Å². The van der Waals surface area contributed by atoms with E-state index in [0.29, 0.717) is 12.2 Å². The third kappa shape index (κ3) is 4.72. The summed E-state index contributed by atoms with van der Waals surface area (Å²) in [4.78, 5) is 37.5. The van der Waals surface area contributed by atoms with Crippen LogP contribution in [0.1, 0.15) is 26.7 Å². The second kappa shape index (κ2) is 7.04. The maximum atomic E-state index is 12.3. The van der Waals surface area contributed by atoms with E-state index in [-0.39, 0.29) is 24.8 Å². The van der Waals surface area contributed by atoms with Gasteiger partial charge in [0.05, 0.1) is 11.4 Å². The Labute approximate surface area is 139 Å². The maximum absolute atomic E-state index is 12.3. The molecule has 0 spiro atoms. The van der Waals surface area contributed by atoms with Crippen molar-refractivity contribution in [2.24, 2.45) is 0 Å². The van der Waals surface area contributed by atoms with E-state index in [9.17, 15) is 14.4 Å². The summed E-state index contributed by atoms with van der Waals surface area (Å²) in [6.07, 6.45) is 0.309. The van der Waals surface area contributed by atoms with Crippen molar-refractivity contribution in [2.75, 3.05) is 17.2 Å². The van der Waals surface area contributed by atoms with Crippen molar-refractivity contribution >= 4 is 35.2 Å². The van der Waals surface area contributed by atoms with E-state index in [4.69, 9.17) is 5.11 Å². The van der Waals surface area contributed by atoms with Gasteiger partial charge < -0.3 is 15.3 Å². The van der Waals surface area contributed by atoms with Crippen LogP contribution in [-0.4, -0.2) is 40.7 Å². The molecule has 0 saturated carbocycles. The van der Waals surface area contributed by atoms with Crippen LogP contribution >= 0.6 is 11.8 Å². The number of hydrogen-bond acceptors (Lipinski definition) is 4. The van der Waals surface area contributed by atoms with Gasteiger partial charge in [-0.1, -0.05) is 12.1 Å². The van der Waals surface area contributed by atoms with E-state index >= 15 is 0 Å². The molecule has 1 aliphatic rings. The molecule has 124 valence electrons. The minimum atomic E-state index is -0.899. The summed E-state index contributed by atoms with van der Waals surface area (Å²) in [6, 6.07) is 7.48. The lowest BCUT2D eigenvalue weighted by molar-refractivity contribution is -0.137. The molecule has 23 heavy (non-hydrogen) atoms. The van der Waals surface area contributed by atoms with Gasteiger partial charge in [0.1, 0.15) is 6.54 Å². The number of nitrogens with one attached hydrogen (secondary N) is 1. The highest BCUT2D eigenvalue weighted by Gasteiger charge is 2.28. The van der Waals surface area contributed by atoms with Gasteiger partial charge in [-0.2, -0.15) is 0 Å². The van der Waals surface area contributed by atoms with Crippen molar-refractivity contribution < 1.29 is 19.5 Å². The Hall–Kier alpha value is -2.02. The summed E-state index contributed by atoms with van der Waals surface area (Å²) in [6.45, 7) is 3.48. The quantitative estimate of drug-likeness (QED) is 0.828. The van der Waals surface area contributed by atoms with Crippen LogP contribution in [0.5, 0.6) is 0 Å². The summed E-state index contributed by atoms with van der Waals surface area (Å²) < 4.78 is 0. The number of carboxylic acids is 1. The number of fused-ring (bicyclic) bond motifs is 1. The number of amides is 2. The second-order valence-corrected chi connectivity index (χ2v) is 7.08. The summed E-state index contributed by atoms with van der Waals surface area (Å²) in [5.41, 5.74) is 0.106. The summed E-state index contributed by atoms with van der Waals surface area (Å²) >= 11 is 1.46. The van der Waals surface area contributed by atoms with Crippen molar-refractivity contribution in [1.82, 2.24) is 5.32 Å². The number of carbonyl (C=O) groups is 3. The average Bonchev–Trinajstić information content (AvgIpc) is 2.48. The van der Waals surface area contributed by atoms with Crippen LogP contribution in [0.3, 0.4) is 0 Å². The zero-order valence-electron chi connectivity index (χ0n) is 13.2. The van der Waals surface area contributed by atoms with Crippen molar-refractivity contribution in [2.45, 2.75) is 37.1 Å². The first kappa shape index (κ1) is 17.3. The Kier molecular flexibility index (Phi) is 5.30. The van der Waals surface area contributed by atoms with Gasteiger partial charge >= 0.3 is 5.97 Å². The number of thioether (sulfide) groups is 1. The minimum Gasteiger partial charge on any atom is -0.481 e. The highest BCUT2D eigenvalue weighted by atomic mass is 32.2. The highest BCUT2D eigenvalue weighted by Crippen LogP contribution is 2.34. The van der Waals surface area contributed by atoms with Crippen LogP contribution in [-0.2, 0) is 14.4 Å². The molecule has 2 N–H and O–H groups in total. The van der Waals surface area contributed by atoms with Crippen molar-refractivity contribution in [3.05, 3.63) is 24.3 Å². The molecular weight excluding hydrogens is 316 g/mol. The average molecular weight is 336 g/mol. The normalized spacial score (nSPS) is 14.3. The van der Waals surface area contributed by atoms with Gasteiger partial charge in [0.25, 0.3) is 0 Å². The van der Waals surface area contributed by atoms with Crippen molar-refractivity contribution in [3.63, 3.8) is 0 Å². The van der Waals surface area contributed by atoms with Crippen LogP contribution in [0.4, 0.5) is 5.69 Å². The molecule has 1 aromatic rings. The third-order valence-corrected chi connectivity index (χ3v) is 4.60. The molecular formula is C16H20N2O4S. The molecule has 0 unspecified atom stereocenters. The zero-order chi connectivity index (χ0) is 17.0. The largest absolute Gasteiger partial charge is 0.481 e. The maximum Gasteiger partial charge on any atom is 0.303 e. The van der Waals surface area contributed by atoms with Gasteiger partial charge in [0.15, 0.2) is 0 Å². The number of rotatable bonds is 6. The van der Waals surface area contributed by atoms with Crippen LogP contribution in [0.2, 0.25) is 0 Å². The lowest BCUT2D eigenvalue weighted by atomic mass is 9.98. The molecule has 0 aliphatic carbocycles. The Bertz CT molecular complexity index is 630. The molecule has 1 heterocycles. The van der Waals surface area contributed by atoms with Gasteiger partial charge in [-0.25, -0.2) is 0 Å². The highest BCUT2D eigenvalue weighted by molar-refractivity contribution is 8.00. The molecule has 0 radical (unpaired) electrons. The third-order valence-electron chi connectivity index (χ3n) is 3.55. The molecule has 1 aliphatic heterocycles. The number of anilines is 1. The Morgan fingerprint density at radius 1 is 1.35 bits per heavy atom. The second-order valence-electron chi connectivity index (χ2n) is 6.06. The van der Waals surface area contributed by atoms with Gasteiger partial charge in [0, 0.05) is 16.9 Å². The lowest BCUT2D eigenvalue weighted by Crippen LogP contribution is -2.50. The van der Waals surface area contributed by atoms with E-state index in [2.05, 4.69) is 5.32 Å². The van der Waals surface area contributed by atoms with Crippen LogP contribution in [0.15, 0.2) is 29.2 Å². The summed E-state index contributed by atoms with van der Waals surface area (Å²) in [5, 5.41) is 11.6. The molecule has 2 amide bonds. The van der Waals surface area contributed by atoms with Crippen molar-refractivity contribution in [1.29, 1.82) is 0 Å². The smallest absolute Gasteiger partial charge is 0.303 e. The fraction of sp³-hybridized carbons (Fsp3) is 0.438. The number of hydrogen-bond donors (Lipinski definition) is 2. The SMILES string of the molecule is CC(C)(CCC(=O)O)NC(=O)CN1C(=O)CSc2ccccc21. The number of benzene rings is 1. The molecule has 0 fully saturated rings. The van der Waals surface area contributed by atoms with Crippen LogP contribution in [0.25, 0.3) is 0 Å². The Morgan fingerprint density at radius 3 is 2.74 bits per heavy atom. The predicted molar refractivity (Wildman–Crippen MR) is 88.6 cm³/mol. The molecule has 1 aromatic carbocycles. The summed E-state index contributed by atoms with van der Waals surface area (Å²) in [5.74, 6) is -0.987. The molecule has 0 atom stereocenters. The van der Waals surface area contributed by atoms with Gasteiger partial charge in [-0.3, -0.25) is 14.4 Å². The molecule has 0 saturated heterocycles. The zero-order valence-corrected chi connectivity index (χ0v) is 14.0. The van der Waals surface area contributed by atoms with Crippen LogP contribution in [0, 0.1) is 0 Å². The number of nitrogens with zero attached hydrogens (tertiary/aromatic N) is 1. The summed E-state index contributed by atoms with van der Waals surface area (Å²) in [7, 11) is 0. The fourth-order valence-electron chi connectivity index (χ4n) is 2.37. The van der Waals surface area contributed by atoms with E-state index in [1.165, 1.54) is 16.7 Å². The fourth-order valence-corrected chi connectivity index (χ4v) is 3.31. The molecule has 2 rings (SSSR count). The number of carbonyl (C=O) groups excluding carboxylic acids is 2. The topological polar surface area (TPSA) is 86.7 Å².